The van der Waals surface area contributed by atoms with Crippen LogP contribution in [0.2, 0.25) is 0 Å². The summed E-state index contributed by atoms with van der Waals surface area (Å²) in [6.45, 7) is 4.32. The van der Waals surface area contributed by atoms with Crippen LogP contribution in [0, 0.1) is 0 Å². The first-order valence-electron chi connectivity index (χ1n) is 4.61. The van der Waals surface area contributed by atoms with E-state index in [9.17, 15) is 4.79 Å². The summed E-state index contributed by atoms with van der Waals surface area (Å²) in [6, 6.07) is 0. The summed E-state index contributed by atoms with van der Waals surface area (Å²) in [5, 5.41) is 3.01. The van der Waals surface area contributed by atoms with Crippen molar-refractivity contribution < 1.29 is 4.79 Å². The number of unbranched alkanes of at least 4 members (excludes halogenated alkanes) is 2. The fourth-order valence-corrected chi connectivity index (χ4v) is 2.44. The Morgan fingerprint density at radius 2 is 2.33 bits per heavy atom. The van der Waals surface area contributed by atoms with Crippen molar-refractivity contribution in [2.45, 2.75) is 44.4 Å². The first-order valence-corrected chi connectivity index (χ1v) is 5.60. The maximum Gasteiger partial charge on any atom is 0.231 e. The molecule has 1 rings (SSSR count). The van der Waals surface area contributed by atoms with Gasteiger partial charge in [-0.1, -0.05) is 26.2 Å². The van der Waals surface area contributed by atoms with E-state index in [0.29, 0.717) is 5.75 Å². The van der Waals surface area contributed by atoms with Gasteiger partial charge in [-0.25, -0.2) is 0 Å². The van der Waals surface area contributed by atoms with Crippen LogP contribution in [0.25, 0.3) is 0 Å². The van der Waals surface area contributed by atoms with Crippen LogP contribution in [0.4, 0.5) is 0 Å². The second kappa shape index (κ2) is 4.17. The summed E-state index contributed by atoms with van der Waals surface area (Å²) in [5.41, 5.74) is 0. The van der Waals surface area contributed by atoms with Crippen LogP contribution in [0.15, 0.2) is 0 Å². The molecule has 1 fully saturated rings. The fraction of sp³-hybridized carbons (Fsp3) is 0.889. The largest absolute Gasteiger partial charge is 0.341 e. The third kappa shape index (κ3) is 2.70. The smallest absolute Gasteiger partial charge is 0.231 e. The van der Waals surface area contributed by atoms with Gasteiger partial charge in [0.25, 0.3) is 0 Å². The first-order chi connectivity index (χ1) is 5.66. The van der Waals surface area contributed by atoms with E-state index in [1.807, 2.05) is 0 Å². The minimum atomic E-state index is 0.0340. The zero-order valence-corrected chi connectivity index (χ0v) is 8.67. The molecule has 1 heterocycles. The van der Waals surface area contributed by atoms with E-state index in [4.69, 9.17) is 0 Å². The molecule has 1 atom stereocenters. The Morgan fingerprint density at radius 3 is 2.83 bits per heavy atom. The number of thioether (sulfide) groups is 1. The lowest BCUT2D eigenvalue weighted by molar-refractivity contribution is -0.118. The van der Waals surface area contributed by atoms with Crippen LogP contribution in [0.5, 0.6) is 0 Å². The molecular weight excluding hydrogens is 170 g/mol. The summed E-state index contributed by atoms with van der Waals surface area (Å²) in [5.74, 6) is 0.835. The topological polar surface area (TPSA) is 29.1 Å². The Hall–Kier alpha value is -0.180. The van der Waals surface area contributed by atoms with Gasteiger partial charge in [0.2, 0.25) is 5.91 Å². The number of carbonyl (C=O) groups excluding carboxylic acids is 1. The highest BCUT2D eigenvalue weighted by atomic mass is 32.2. The van der Waals surface area contributed by atoms with Crippen molar-refractivity contribution in [1.82, 2.24) is 5.32 Å². The third-order valence-electron chi connectivity index (χ3n) is 2.18. The van der Waals surface area contributed by atoms with Gasteiger partial charge in [0.05, 0.1) is 10.6 Å². The molecule has 0 aliphatic carbocycles. The molecule has 1 N–H and O–H groups in total. The van der Waals surface area contributed by atoms with Crippen molar-refractivity contribution in [2.75, 3.05) is 5.75 Å². The lowest BCUT2D eigenvalue weighted by Gasteiger charge is -2.22. The summed E-state index contributed by atoms with van der Waals surface area (Å²) in [4.78, 5) is 11.0. The third-order valence-corrected chi connectivity index (χ3v) is 3.53. The molecule has 0 saturated carbocycles. The van der Waals surface area contributed by atoms with E-state index in [-0.39, 0.29) is 10.8 Å². The molecule has 0 radical (unpaired) electrons. The predicted octanol–water partition coefficient (Wildman–Crippen LogP) is 2.15. The molecule has 70 valence electrons. The summed E-state index contributed by atoms with van der Waals surface area (Å²) in [7, 11) is 0. The van der Waals surface area contributed by atoms with E-state index in [2.05, 4.69) is 19.2 Å². The summed E-state index contributed by atoms with van der Waals surface area (Å²) in [6.07, 6.45) is 4.85. The quantitative estimate of drug-likeness (QED) is 0.683. The predicted molar refractivity (Wildman–Crippen MR) is 53.1 cm³/mol. The van der Waals surface area contributed by atoms with Crippen molar-refractivity contribution in [3.05, 3.63) is 0 Å². The average Bonchev–Trinajstić information content (AvgIpc) is 2.32. The maximum absolute atomic E-state index is 11.0. The zero-order chi connectivity index (χ0) is 9.03. The van der Waals surface area contributed by atoms with Crippen LogP contribution < -0.4 is 5.32 Å². The normalized spacial score (nSPS) is 29.0. The molecule has 1 unspecified atom stereocenters. The minimum Gasteiger partial charge on any atom is -0.341 e. The van der Waals surface area contributed by atoms with Gasteiger partial charge in [0.15, 0.2) is 0 Å². The van der Waals surface area contributed by atoms with Crippen LogP contribution in [-0.4, -0.2) is 16.5 Å². The van der Waals surface area contributed by atoms with Crippen LogP contribution >= 0.6 is 11.8 Å². The molecular formula is C9H17NOS. The molecule has 2 nitrogen and oxygen atoms in total. The van der Waals surface area contributed by atoms with Crippen LogP contribution in [-0.2, 0) is 4.79 Å². The van der Waals surface area contributed by atoms with E-state index >= 15 is 0 Å². The summed E-state index contributed by atoms with van der Waals surface area (Å²) < 4.78 is 0. The Kier molecular flexibility index (Phi) is 3.44. The number of nitrogens with one attached hydrogen (secondary N) is 1. The lowest BCUT2D eigenvalue weighted by Crippen LogP contribution is -2.36. The minimum absolute atomic E-state index is 0.0340. The van der Waals surface area contributed by atoms with Crippen molar-refractivity contribution in [3.8, 4) is 0 Å². The number of carbonyl (C=O) groups is 1. The van der Waals surface area contributed by atoms with Crippen LogP contribution in [0.1, 0.15) is 39.5 Å². The second-order valence-electron chi connectivity index (χ2n) is 3.52. The van der Waals surface area contributed by atoms with Gasteiger partial charge >= 0.3 is 0 Å². The van der Waals surface area contributed by atoms with Crippen LogP contribution in [0.3, 0.4) is 0 Å². The van der Waals surface area contributed by atoms with E-state index in [0.717, 1.165) is 6.42 Å². The van der Waals surface area contributed by atoms with Gasteiger partial charge in [-0.2, -0.15) is 0 Å². The standard InChI is InChI=1S/C9H17NOS/c1-3-4-5-6-9(2)10-8(11)7-12-9/h3-7H2,1-2H3,(H,10,11). The molecule has 0 aromatic carbocycles. The molecule has 0 spiro atoms. The Balaban J connectivity index is 2.25. The second-order valence-corrected chi connectivity index (χ2v) is 5.00. The fourth-order valence-electron chi connectivity index (χ4n) is 1.44. The van der Waals surface area contributed by atoms with E-state index < -0.39 is 0 Å². The molecule has 1 amide bonds. The lowest BCUT2D eigenvalue weighted by atomic mass is 10.1. The molecule has 1 saturated heterocycles. The summed E-state index contributed by atoms with van der Waals surface area (Å²) >= 11 is 1.74. The van der Waals surface area contributed by atoms with Crippen molar-refractivity contribution in [3.63, 3.8) is 0 Å². The van der Waals surface area contributed by atoms with Crippen molar-refractivity contribution in [2.24, 2.45) is 0 Å². The van der Waals surface area contributed by atoms with Gasteiger partial charge in [-0.3, -0.25) is 4.79 Å². The first kappa shape index (κ1) is 9.90. The van der Waals surface area contributed by atoms with Gasteiger partial charge in [0, 0.05) is 0 Å². The molecule has 12 heavy (non-hydrogen) atoms. The number of hydrogen-bond acceptors (Lipinski definition) is 2. The van der Waals surface area contributed by atoms with Gasteiger partial charge < -0.3 is 5.32 Å². The monoisotopic (exact) mass is 187 g/mol. The maximum atomic E-state index is 11.0. The molecule has 0 aromatic heterocycles. The highest BCUT2D eigenvalue weighted by Gasteiger charge is 2.32. The Morgan fingerprint density at radius 1 is 1.58 bits per heavy atom. The van der Waals surface area contributed by atoms with Gasteiger partial charge in [-0.05, 0) is 13.3 Å². The highest BCUT2D eigenvalue weighted by molar-refractivity contribution is 8.01. The Labute approximate surface area is 78.5 Å². The zero-order valence-electron chi connectivity index (χ0n) is 7.85. The molecule has 3 heteroatoms. The SMILES string of the molecule is CCCCCC1(C)NC(=O)CS1. The van der Waals surface area contributed by atoms with Crippen molar-refractivity contribution in [1.29, 1.82) is 0 Å². The van der Waals surface area contributed by atoms with Gasteiger partial charge in [-0.15, -0.1) is 11.8 Å². The Bertz CT molecular complexity index is 172. The number of hydrogen-bond donors (Lipinski definition) is 1. The molecule has 1 aliphatic heterocycles. The van der Waals surface area contributed by atoms with Crippen molar-refractivity contribution >= 4 is 17.7 Å². The highest BCUT2D eigenvalue weighted by Crippen LogP contribution is 2.32. The molecule has 0 aromatic rings. The number of rotatable bonds is 4. The van der Waals surface area contributed by atoms with E-state index in [1.165, 1.54) is 19.3 Å². The van der Waals surface area contributed by atoms with Gasteiger partial charge in [0.1, 0.15) is 0 Å². The number of amides is 1. The molecule has 1 aliphatic rings. The molecule has 0 bridgehead atoms. The average molecular weight is 187 g/mol. The van der Waals surface area contributed by atoms with E-state index in [1.54, 1.807) is 11.8 Å².